The van der Waals surface area contributed by atoms with Gasteiger partial charge in [0.05, 0.1) is 12.1 Å². The van der Waals surface area contributed by atoms with Crippen LogP contribution in [-0.4, -0.2) is 31.2 Å². The van der Waals surface area contributed by atoms with E-state index in [-0.39, 0.29) is 11.5 Å². The van der Waals surface area contributed by atoms with E-state index in [1.165, 1.54) is 6.07 Å². The minimum atomic E-state index is -1.15. The first-order chi connectivity index (χ1) is 11.3. The molecule has 6 heteroatoms. The second-order valence-electron chi connectivity index (χ2n) is 5.83. The molecular weight excluding hydrogens is 314 g/mol. The topological polar surface area (TPSA) is 52.6 Å². The smallest absolute Gasteiger partial charge is 0.251 e. The fourth-order valence-corrected chi connectivity index (χ4v) is 2.28. The normalized spacial score (nSPS) is 13.2. The van der Waals surface area contributed by atoms with Gasteiger partial charge in [0.25, 0.3) is 5.91 Å². The number of nitrogens with zero attached hydrogens (tertiary/aromatic N) is 1. The standard InChI is InChI=1S/C18H20F2N2O2/c1-11(17(23)12-7-8-15(19)16(20)10-12)21-18(24)13-5-4-6-14(9-13)22(2)3/h4-11,17,23H,1-3H3,(H,21,24). The van der Waals surface area contributed by atoms with Crippen LogP contribution in [0.3, 0.4) is 0 Å². The third-order valence-electron chi connectivity index (χ3n) is 3.74. The Morgan fingerprint density at radius 1 is 1.12 bits per heavy atom. The first kappa shape index (κ1) is 17.9. The maximum Gasteiger partial charge on any atom is 0.251 e. The van der Waals surface area contributed by atoms with Crippen molar-refractivity contribution in [3.63, 3.8) is 0 Å². The lowest BCUT2D eigenvalue weighted by Gasteiger charge is -2.21. The van der Waals surface area contributed by atoms with Crippen molar-refractivity contribution in [1.82, 2.24) is 5.32 Å². The van der Waals surface area contributed by atoms with Gasteiger partial charge in [-0.25, -0.2) is 8.78 Å². The highest BCUT2D eigenvalue weighted by atomic mass is 19.2. The molecule has 2 aromatic rings. The van der Waals surface area contributed by atoms with Gasteiger partial charge in [0.2, 0.25) is 0 Å². The molecule has 24 heavy (non-hydrogen) atoms. The van der Waals surface area contributed by atoms with E-state index in [2.05, 4.69) is 5.32 Å². The van der Waals surface area contributed by atoms with Crippen molar-refractivity contribution >= 4 is 11.6 Å². The third kappa shape index (κ3) is 4.08. The van der Waals surface area contributed by atoms with Gasteiger partial charge in [-0.3, -0.25) is 4.79 Å². The van der Waals surface area contributed by atoms with E-state index < -0.39 is 23.8 Å². The van der Waals surface area contributed by atoms with Crippen LogP contribution >= 0.6 is 0 Å². The number of halogens is 2. The van der Waals surface area contributed by atoms with E-state index in [4.69, 9.17) is 0 Å². The molecule has 0 aliphatic carbocycles. The van der Waals surface area contributed by atoms with Gasteiger partial charge in [-0.1, -0.05) is 12.1 Å². The van der Waals surface area contributed by atoms with Crippen molar-refractivity contribution in [2.24, 2.45) is 0 Å². The largest absolute Gasteiger partial charge is 0.386 e. The number of benzene rings is 2. The quantitative estimate of drug-likeness (QED) is 0.884. The average Bonchev–Trinajstić information content (AvgIpc) is 2.56. The molecule has 2 N–H and O–H groups in total. The van der Waals surface area contributed by atoms with Crippen molar-refractivity contribution in [2.75, 3.05) is 19.0 Å². The highest BCUT2D eigenvalue weighted by Gasteiger charge is 2.20. The first-order valence-electron chi connectivity index (χ1n) is 7.51. The number of nitrogens with one attached hydrogen (secondary N) is 1. The van der Waals surface area contributed by atoms with Gasteiger partial charge in [-0.05, 0) is 42.8 Å². The Kier molecular flexibility index (Phi) is 5.51. The van der Waals surface area contributed by atoms with Gasteiger partial charge in [0, 0.05) is 25.3 Å². The predicted octanol–water partition coefficient (Wildman–Crippen LogP) is 2.88. The summed E-state index contributed by atoms with van der Waals surface area (Å²) in [4.78, 5) is 14.2. The molecule has 0 fully saturated rings. The molecule has 0 saturated heterocycles. The fourth-order valence-electron chi connectivity index (χ4n) is 2.28. The summed E-state index contributed by atoms with van der Waals surface area (Å²) >= 11 is 0. The molecule has 0 radical (unpaired) electrons. The van der Waals surface area contributed by atoms with E-state index in [1.54, 1.807) is 25.1 Å². The van der Waals surface area contributed by atoms with Crippen LogP contribution in [0.2, 0.25) is 0 Å². The summed E-state index contributed by atoms with van der Waals surface area (Å²) in [6.45, 7) is 1.60. The molecule has 0 heterocycles. The summed E-state index contributed by atoms with van der Waals surface area (Å²) in [5.74, 6) is -2.38. The number of carbonyl (C=O) groups is 1. The zero-order valence-corrected chi connectivity index (χ0v) is 13.8. The molecule has 0 saturated carbocycles. The number of rotatable bonds is 5. The number of amides is 1. The molecule has 4 nitrogen and oxygen atoms in total. The minimum absolute atomic E-state index is 0.198. The Balaban J connectivity index is 2.10. The first-order valence-corrected chi connectivity index (χ1v) is 7.51. The lowest BCUT2D eigenvalue weighted by molar-refractivity contribution is 0.0851. The van der Waals surface area contributed by atoms with Crippen molar-refractivity contribution < 1.29 is 18.7 Å². The van der Waals surface area contributed by atoms with E-state index in [0.717, 1.165) is 17.8 Å². The summed E-state index contributed by atoms with van der Waals surface area (Å²) in [5.41, 5.74) is 1.52. The Labute approximate surface area is 139 Å². The Bertz CT molecular complexity index is 735. The summed E-state index contributed by atoms with van der Waals surface area (Å²) in [5, 5.41) is 12.9. The lowest BCUT2D eigenvalue weighted by atomic mass is 10.0. The van der Waals surface area contributed by atoms with Gasteiger partial charge in [0.1, 0.15) is 0 Å². The summed E-state index contributed by atoms with van der Waals surface area (Å²) in [6.07, 6.45) is -1.15. The molecule has 0 spiro atoms. The Hall–Kier alpha value is -2.47. The molecule has 0 aliphatic heterocycles. The molecule has 2 aromatic carbocycles. The van der Waals surface area contributed by atoms with Crippen LogP contribution < -0.4 is 10.2 Å². The van der Waals surface area contributed by atoms with Gasteiger partial charge in [-0.2, -0.15) is 0 Å². The van der Waals surface area contributed by atoms with Crippen LogP contribution in [0.5, 0.6) is 0 Å². The zero-order chi connectivity index (χ0) is 17.9. The van der Waals surface area contributed by atoms with Crippen LogP contribution in [0.4, 0.5) is 14.5 Å². The van der Waals surface area contributed by atoms with Crippen LogP contribution in [0.15, 0.2) is 42.5 Å². The number of carbonyl (C=O) groups excluding carboxylic acids is 1. The Morgan fingerprint density at radius 3 is 2.46 bits per heavy atom. The summed E-state index contributed by atoms with van der Waals surface area (Å²) < 4.78 is 26.2. The SMILES string of the molecule is CC(NC(=O)c1cccc(N(C)C)c1)C(O)c1ccc(F)c(F)c1. The molecule has 0 bridgehead atoms. The van der Waals surface area contributed by atoms with Crippen molar-refractivity contribution in [1.29, 1.82) is 0 Å². The molecule has 1 amide bonds. The van der Waals surface area contributed by atoms with E-state index in [9.17, 15) is 18.7 Å². The highest BCUT2D eigenvalue weighted by Crippen LogP contribution is 2.20. The summed E-state index contributed by atoms with van der Waals surface area (Å²) in [7, 11) is 3.74. The van der Waals surface area contributed by atoms with E-state index >= 15 is 0 Å². The zero-order valence-electron chi connectivity index (χ0n) is 13.8. The van der Waals surface area contributed by atoms with Crippen LogP contribution in [0.25, 0.3) is 0 Å². The lowest BCUT2D eigenvalue weighted by Crippen LogP contribution is -2.37. The minimum Gasteiger partial charge on any atom is -0.386 e. The monoisotopic (exact) mass is 334 g/mol. The molecule has 128 valence electrons. The molecule has 2 unspecified atom stereocenters. The van der Waals surface area contributed by atoms with Crippen LogP contribution in [0.1, 0.15) is 28.9 Å². The van der Waals surface area contributed by atoms with Crippen molar-refractivity contribution in [3.8, 4) is 0 Å². The van der Waals surface area contributed by atoms with Gasteiger partial charge in [-0.15, -0.1) is 0 Å². The maximum atomic E-state index is 13.3. The molecule has 2 atom stereocenters. The van der Waals surface area contributed by atoms with Gasteiger partial charge >= 0.3 is 0 Å². The van der Waals surface area contributed by atoms with E-state index in [1.807, 2.05) is 25.1 Å². The molecule has 0 aromatic heterocycles. The molecule has 0 aliphatic rings. The second kappa shape index (κ2) is 7.40. The molecule has 2 rings (SSSR count). The fraction of sp³-hybridized carbons (Fsp3) is 0.278. The number of aliphatic hydroxyl groups excluding tert-OH is 1. The third-order valence-corrected chi connectivity index (χ3v) is 3.74. The number of hydrogen-bond donors (Lipinski definition) is 2. The van der Waals surface area contributed by atoms with Crippen molar-refractivity contribution in [3.05, 3.63) is 65.2 Å². The van der Waals surface area contributed by atoms with E-state index in [0.29, 0.717) is 5.56 Å². The highest BCUT2D eigenvalue weighted by molar-refractivity contribution is 5.95. The van der Waals surface area contributed by atoms with Gasteiger partial charge in [0.15, 0.2) is 11.6 Å². The number of anilines is 1. The number of aliphatic hydroxyl groups is 1. The number of hydrogen-bond acceptors (Lipinski definition) is 3. The van der Waals surface area contributed by atoms with Crippen LogP contribution in [-0.2, 0) is 0 Å². The van der Waals surface area contributed by atoms with Crippen molar-refractivity contribution in [2.45, 2.75) is 19.1 Å². The second-order valence-corrected chi connectivity index (χ2v) is 5.83. The Morgan fingerprint density at radius 2 is 1.83 bits per heavy atom. The average molecular weight is 334 g/mol. The maximum absolute atomic E-state index is 13.3. The summed E-state index contributed by atoms with van der Waals surface area (Å²) in [6, 6.07) is 9.52. The van der Waals surface area contributed by atoms with Gasteiger partial charge < -0.3 is 15.3 Å². The van der Waals surface area contributed by atoms with Crippen LogP contribution in [0, 0.1) is 11.6 Å². The predicted molar refractivity (Wildman–Crippen MR) is 89.0 cm³/mol. The molecular formula is C18H20F2N2O2.